The zero-order valence-corrected chi connectivity index (χ0v) is 35.4. The van der Waals surface area contributed by atoms with Gasteiger partial charge in [-0.15, -0.1) is 0 Å². The van der Waals surface area contributed by atoms with E-state index in [2.05, 4.69) is 173 Å². The Hall–Kier alpha value is -4.02. The lowest BCUT2D eigenvalue weighted by Gasteiger charge is -1.92. The van der Waals surface area contributed by atoms with Crippen LogP contribution in [-0.2, 0) is 0 Å². The molecule has 0 radical (unpaired) electrons. The molecule has 6 aromatic carbocycles. The second-order valence-electron chi connectivity index (χ2n) is 9.75. The minimum atomic E-state index is 1.00. The summed E-state index contributed by atoms with van der Waals surface area (Å²) in [5.41, 5.74) is 0. The molecule has 0 amide bonds. The quantitative estimate of drug-likeness (QED) is 0.170. The highest BCUT2D eigenvalue weighted by Gasteiger charge is 1.87. The molecule has 3 nitrogen and oxygen atoms in total. The van der Waals surface area contributed by atoms with Crippen molar-refractivity contribution >= 4 is 32.3 Å². The van der Waals surface area contributed by atoms with Crippen LogP contribution < -0.4 is 0 Å². The summed E-state index contributed by atoms with van der Waals surface area (Å²) in [7, 11) is 3.00. The molecule has 0 fully saturated rings. The van der Waals surface area contributed by atoms with Gasteiger partial charge in [0.05, 0.1) is 0 Å². The Bertz CT molecular complexity index is 1090. The second-order valence-corrected chi connectivity index (χ2v) is 9.75. The van der Waals surface area contributed by atoms with Crippen LogP contribution in [0.5, 0.6) is 0 Å². The van der Waals surface area contributed by atoms with E-state index >= 15 is 0 Å². The molecule has 6 aromatic rings. The maximum atomic E-state index is 7.00. The SMILES string of the molecule is CC.CC.CC.CCCCC.CCCCC.CO.CO.CO.c1ccc2ccccc2c1.c1ccc2ccccc2c1.c1ccc2ccccc2c1. The Morgan fingerprint density at radius 2 is 0.346 bits per heavy atom. The van der Waals surface area contributed by atoms with Crippen LogP contribution in [0.3, 0.4) is 0 Å². The maximum absolute atomic E-state index is 7.00. The largest absolute Gasteiger partial charge is 0.400 e. The van der Waals surface area contributed by atoms with E-state index in [0.29, 0.717) is 0 Å². The molecule has 0 saturated carbocycles. The van der Waals surface area contributed by atoms with Gasteiger partial charge in [-0.05, 0) is 32.3 Å². The van der Waals surface area contributed by atoms with Crippen molar-refractivity contribution < 1.29 is 15.3 Å². The third-order valence-electron chi connectivity index (χ3n) is 6.39. The average Bonchev–Trinajstić information content (AvgIpc) is 3.27. The number of hydrogen-bond donors (Lipinski definition) is 3. The van der Waals surface area contributed by atoms with E-state index in [4.69, 9.17) is 15.3 Å². The van der Waals surface area contributed by atoms with Gasteiger partial charge in [0, 0.05) is 21.3 Å². The van der Waals surface area contributed by atoms with E-state index in [9.17, 15) is 0 Å². The number of hydrogen-bond acceptors (Lipinski definition) is 3. The van der Waals surface area contributed by atoms with Crippen molar-refractivity contribution in [2.45, 2.75) is 108 Å². The molecule has 0 heterocycles. The molecule has 3 N–H and O–H groups in total. The van der Waals surface area contributed by atoms with Gasteiger partial charge in [0.2, 0.25) is 0 Å². The molecule has 0 aromatic heterocycles. The zero-order valence-electron chi connectivity index (χ0n) is 35.4. The molecule has 0 spiro atoms. The fourth-order valence-electron chi connectivity index (χ4n) is 4.11. The predicted octanol–water partition coefficient (Wildman–Crippen LogP) is 14.8. The Kier molecular flexibility index (Phi) is 56.6. The number of fused-ring (bicyclic) bond motifs is 3. The summed E-state index contributed by atoms with van der Waals surface area (Å²) >= 11 is 0. The number of rotatable bonds is 4. The first-order valence-corrected chi connectivity index (χ1v) is 19.4. The normalized spacial score (nSPS) is 8.08. The maximum Gasteiger partial charge on any atom is 0.0319 e. The number of aliphatic hydroxyl groups is 3. The summed E-state index contributed by atoms with van der Waals surface area (Å²) in [5, 5.41) is 28.9. The molecular formula is C49H78O3. The van der Waals surface area contributed by atoms with Crippen LogP contribution in [0.2, 0.25) is 0 Å². The van der Waals surface area contributed by atoms with Crippen LogP contribution in [-0.4, -0.2) is 36.6 Å². The van der Waals surface area contributed by atoms with E-state index in [1.807, 2.05) is 41.5 Å². The molecular weight excluding hydrogens is 637 g/mol. The van der Waals surface area contributed by atoms with Crippen molar-refractivity contribution in [1.29, 1.82) is 0 Å². The molecule has 3 heteroatoms. The first-order valence-electron chi connectivity index (χ1n) is 19.4. The number of aliphatic hydroxyl groups excluding tert-OH is 3. The minimum Gasteiger partial charge on any atom is -0.400 e. The standard InChI is InChI=1S/3C10H8.2C5H12.3C2H6.3CH4O/c3*1-2-6-10-8-4-3-7-9(10)5-1;2*1-3-5-4-2;6*1-2/h3*1-8H;2*3-5H2,1-2H3;3*1-2H3;3*2H,1H3. The van der Waals surface area contributed by atoms with Gasteiger partial charge in [-0.3, -0.25) is 0 Å². The first kappa shape index (κ1) is 57.3. The van der Waals surface area contributed by atoms with Crippen molar-refractivity contribution in [3.63, 3.8) is 0 Å². The molecule has 6 rings (SSSR count). The molecule has 0 unspecified atom stereocenters. The van der Waals surface area contributed by atoms with E-state index < -0.39 is 0 Å². The first-order chi connectivity index (χ1) is 25.7. The van der Waals surface area contributed by atoms with E-state index in [1.165, 1.54) is 70.8 Å². The lowest BCUT2D eigenvalue weighted by atomic mass is 10.1. The van der Waals surface area contributed by atoms with Gasteiger partial charge >= 0.3 is 0 Å². The number of unbranched alkanes of at least 4 members (excludes halogenated alkanes) is 4. The molecule has 0 aliphatic heterocycles. The third-order valence-corrected chi connectivity index (χ3v) is 6.39. The topological polar surface area (TPSA) is 60.7 Å². The Morgan fingerprint density at radius 1 is 0.250 bits per heavy atom. The molecule has 0 bridgehead atoms. The molecule has 52 heavy (non-hydrogen) atoms. The fraction of sp³-hybridized carbons (Fsp3) is 0.388. The summed E-state index contributed by atoms with van der Waals surface area (Å²) in [6, 6.07) is 50.1. The van der Waals surface area contributed by atoms with Gasteiger partial charge in [0.25, 0.3) is 0 Å². The van der Waals surface area contributed by atoms with Crippen molar-refractivity contribution in [3.05, 3.63) is 146 Å². The van der Waals surface area contributed by atoms with Crippen LogP contribution in [0.1, 0.15) is 108 Å². The predicted molar refractivity (Wildman–Crippen MR) is 241 cm³/mol. The van der Waals surface area contributed by atoms with Crippen LogP contribution in [0.25, 0.3) is 32.3 Å². The Labute approximate surface area is 321 Å². The molecule has 0 aliphatic carbocycles. The van der Waals surface area contributed by atoms with Crippen molar-refractivity contribution in [2.75, 3.05) is 21.3 Å². The van der Waals surface area contributed by atoms with Gasteiger partial charge in [0.1, 0.15) is 0 Å². The third kappa shape index (κ3) is 31.9. The monoisotopic (exact) mass is 715 g/mol. The van der Waals surface area contributed by atoms with Crippen molar-refractivity contribution in [3.8, 4) is 0 Å². The highest BCUT2D eigenvalue weighted by Crippen LogP contribution is 2.13. The number of benzene rings is 6. The Balaban J connectivity index is -0.000000169. The smallest absolute Gasteiger partial charge is 0.0319 e. The van der Waals surface area contributed by atoms with Gasteiger partial charge in [0.15, 0.2) is 0 Å². The van der Waals surface area contributed by atoms with Gasteiger partial charge in [-0.1, -0.05) is 253 Å². The van der Waals surface area contributed by atoms with Crippen LogP contribution in [0.4, 0.5) is 0 Å². The average molecular weight is 715 g/mol. The van der Waals surface area contributed by atoms with E-state index in [-0.39, 0.29) is 0 Å². The highest BCUT2D eigenvalue weighted by atomic mass is 16.2. The lowest BCUT2D eigenvalue weighted by Crippen LogP contribution is -1.67. The molecule has 0 saturated heterocycles. The Morgan fingerprint density at radius 3 is 0.404 bits per heavy atom. The molecule has 0 aliphatic rings. The summed E-state index contributed by atoms with van der Waals surface area (Å²) < 4.78 is 0. The highest BCUT2D eigenvalue weighted by molar-refractivity contribution is 5.83. The fourth-order valence-corrected chi connectivity index (χ4v) is 4.11. The van der Waals surface area contributed by atoms with E-state index in [0.717, 1.165) is 21.3 Å². The second kappa shape index (κ2) is 51.4. The van der Waals surface area contributed by atoms with Crippen LogP contribution in [0.15, 0.2) is 146 Å². The minimum absolute atomic E-state index is 1.00. The van der Waals surface area contributed by atoms with Gasteiger partial charge < -0.3 is 15.3 Å². The zero-order chi connectivity index (χ0) is 40.7. The van der Waals surface area contributed by atoms with E-state index in [1.54, 1.807) is 0 Å². The summed E-state index contributed by atoms with van der Waals surface area (Å²) in [6.07, 6.45) is 8.15. The van der Waals surface area contributed by atoms with Gasteiger partial charge in [-0.2, -0.15) is 0 Å². The van der Waals surface area contributed by atoms with Crippen LogP contribution in [0, 0.1) is 0 Å². The van der Waals surface area contributed by atoms with Crippen molar-refractivity contribution in [1.82, 2.24) is 0 Å². The summed E-state index contributed by atoms with van der Waals surface area (Å²) in [6.45, 7) is 20.8. The van der Waals surface area contributed by atoms with Crippen molar-refractivity contribution in [2.24, 2.45) is 0 Å². The van der Waals surface area contributed by atoms with Crippen LogP contribution >= 0.6 is 0 Å². The summed E-state index contributed by atoms with van der Waals surface area (Å²) in [4.78, 5) is 0. The molecule has 0 atom stereocenters. The van der Waals surface area contributed by atoms with Gasteiger partial charge in [-0.25, -0.2) is 0 Å². The molecule has 292 valence electrons. The summed E-state index contributed by atoms with van der Waals surface area (Å²) in [5.74, 6) is 0. The lowest BCUT2D eigenvalue weighted by molar-refractivity contribution is 0.399.